The van der Waals surface area contributed by atoms with E-state index < -0.39 is 0 Å². The zero-order valence-corrected chi connectivity index (χ0v) is 9.39. The van der Waals surface area contributed by atoms with Gasteiger partial charge in [-0.2, -0.15) is 11.8 Å². The predicted octanol–water partition coefficient (Wildman–Crippen LogP) is 0.0864. The van der Waals surface area contributed by atoms with Crippen molar-refractivity contribution in [2.24, 2.45) is 0 Å². The van der Waals surface area contributed by atoms with Crippen molar-refractivity contribution in [3.05, 3.63) is 0 Å². The summed E-state index contributed by atoms with van der Waals surface area (Å²) in [7, 11) is 0. The number of thioether (sulfide) groups is 1. The first-order valence-corrected chi connectivity index (χ1v) is 5.99. The number of carbonyl (C=O) groups excluding carboxylic acids is 2. The van der Waals surface area contributed by atoms with E-state index in [4.69, 9.17) is 0 Å². The second-order valence-corrected chi connectivity index (χ2v) is 4.69. The lowest BCUT2D eigenvalue weighted by Gasteiger charge is -2.22. The first-order chi connectivity index (χ1) is 6.63. The van der Waals surface area contributed by atoms with Crippen LogP contribution in [0.2, 0.25) is 0 Å². The van der Waals surface area contributed by atoms with Crippen molar-refractivity contribution in [1.82, 2.24) is 10.2 Å². The van der Waals surface area contributed by atoms with Crippen LogP contribution in [0.15, 0.2) is 0 Å². The van der Waals surface area contributed by atoms with Crippen LogP contribution in [0.25, 0.3) is 0 Å². The van der Waals surface area contributed by atoms with Crippen LogP contribution < -0.4 is 5.32 Å². The Labute approximate surface area is 88.4 Å². The molecule has 4 nitrogen and oxygen atoms in total. The Morgan fingerprint density at radius 2 is 2.29 bits per heavy atom. The summed E-state index contributed by atoms with van der Waals surface area (Å²) >= 11 is 1.73. The summed E-state index contributed by atoms with van der Waals surface area (Å²) in [5.74, 6) is -0.00518. The van der Waals surface area contributed by atoms with Gasteiger partial charge in [-0.3, -0.25) is 9.59 Å². The number of rotatable bonds is 3. The van der Waals surface area contributed by atoms with Crippen molar-refractivity contribution in [1.29, 1.82) is 0 Å². The zero-order valence-electron chi connectivity index (χ0n) is 8.58. The highest BCUT2D eigenvalue weighted by molar-refractivity contribution is 7.99. The third-order valence-corrected chi connectivity index (χ3v) is 3.23. The second-order valence-electron chi connectivity index (χ2n) is 3.41. The smallest absolute Gasteiger partial charge is 0.242 e. The fourth-order valence-electron chi connectivity index (χ4n) is 1.31. The molecule has 80 valence electrons. The van der Waals surface area contributed by atoms with Gasteiger partial charge in [-0.1, -0.05) is 6.92 Å². The van der Waals surface area contributed by atoms with Crippen LogP contribution in [0.5, 0.6) is 0 Å². The van der Waals surface area contributed by atoms with Crippen LogP contribution in [0.1, 0.15) is 13.3 Å². The van der Waals surface area contributed by atoms with Crippen LogP contribution in [0.3, 0.4) is 0 Å². The maximum absolute atomic E-state index is 11.5. The lowest BCUT2D eigenvalue weighted by atomic mass is 10.3. The quantitative estimate of drug-likeness (QED) is 0.727. The fraction of sp³-hybridized carbons (Fsp3) is 0.778. The van der Waals surface area contributed by atoms with E-state index in [-0.39, 0.29) is 18.4 Å². The van der Waals surface area contributed by atoms with Gasteiger partial charge in [0.1, 0.15) is 0 Å². The van der Waals surface area contributed by atoms with Gasteiger partial charge in [0.25, 0.3) is 0 Å². The number of hydrogen-bond acceptors (Lipinski definition) is 3. The van der Waals surface area contributed by atoms with E-state index in [9.17, 15) is 9.59 Å². The summed E-state index contributed by atoms with van der Waals surface area (Å²) in [6.07, 6.45) is 2.45. The molecular weight excluding hydrogens is 200 g/mol. The standard InChI is InChI=1S/C9H16N2O2S/c1-7(14-2)6-11-4-3-8(12)10-5-9(11)13/h7H,3-6H2,1-2H3,(H,10,12). The average Bonchev–Trinajstić information content (AvgIpc) is 2.33. The molecule has 0 aromatic rings. The first kappa shape index (κ1) is 11.4. The van der Waals surface area contributed by atoms with E-state index in [1.165, 1.54) is 0 Å². The number of carbonyl (C=O) groups is 2. The van der Waals surface area contributed by atoms with E-state index in [1.54, 1.807) is 16.7 Å². The predicted molar refractivity (Wildman–Crippen MR) is 57.2 cm³/mol. The SMILES string of the molecule is CSC(C)CN1CCC(=O)NCC1=O. The molecule has 0 bridgehead atoms. The minimum absolute atomic E-state index is 0.0248. The van der Waals surface area contributed by atoms with Gasteiger partial charge in [0.2, 0.25) is 11.8 Å². The molecule has 1 aliphatic rings. The molecule has 5 heteroatoms. The molecule has 0 aliphatic carbocycles. The van der Waals surface area contributed by atoms with E-state index in [0.29, 0.717) is 18.2 Å². The molecule has 0 saturated carbocycles. The molecule has 1 saturated heterocycles. The molecule has 1 aliphatic heterocycles. The molecule has 0 aromatic carbocycles. The van der Waals surface area contributed by atoms with Crippen LogP contribution in [0.4, 0.5) is 0 Å². The summed E-state index contributed by atoms with van der Waals surface area (Å²) in [4.78, 5) is 24.3. The zero-order chi connectivity index (χ0) is 10.6. The van der Waals surface area contributed by atoms with E-state index in [1.807, 2.05) is 6.26 Å². The Kier molecular flexibility index (Phi) is 4.25. The van der Waals surface area contributed by atoms with Crippen LogP contribution in [0, 0.1) is 0 Å². The van der Waals surface area contributed by atoms with Crippen molar-refractivity contribution < 1.29 is 9.59 Å². The Morgan fingerprint density at radius 1 is 1.57 bits per heavy atom. The maximum atomic E-state index is 11.5. The molecule has 1 heterocycles. The lowest BCUT2D eigenvalue weighted by Crippen LogP contribution is -2.38. The molecule has 1 rings (SSSR count). The molecule has 1 atom stereocenters. The van der Waals surface area contributed by atoms with Crippen LogP contribution >= 0.6 is 11.8 Å². The van der Waals surface area contributed by atoms with E-state index in [2.05, 4.69) is 12.2 Å². The molecule has 0 aromatic heterocycles. The van der Waals surface area contributed by atoms with Crippen molar-refractivity contribution in [3.63, 3.8) is 0 Å². The first-order valence-electron chi connectivity index (χ1n) is 4.70. The van der Waals surface area contributed by atoms with Gasteiger partial charge >= 0.3 is 0 Å². The van der Waals surface area contributed by atoms with E-state index in [0.717, 1.165) is 6.54 Å². The Balaban J connectivity index is 2.49. The number of nitrogens with one attached hydrogen (secondary N) is 1. The van der Waals surface area contributed by atoms with Crippen molar-refractivity contribution >= 4 is 23.6 Å². The molecule has 2 amide bonds. The van der Waals surface area contributed by atoms with E-state index >= 15 is 0 Å². The van der Waals surface area contributed by atoms with Crippen LogP contribution in [-0.2, 0) is 9.59 Å². The van der Waals surface area contributed by atoms with Gasteiger partial charge in [0.15, 0.2) is 0 Å². The summed E-state index contributed by atoms with van der Waals surface area (Å²) < 4.78 is 0. The summed E-state index contributed by atoms with van der Waals surface area (Å²) in [6, 6.07) is 0. The number of hydrogen-bond donors (Lipinski definition) is 1. The Bertz CT molecular complexity index is 233. The van der Waals surface area contributed by atoms with Gasteiger partial charge in [0, 0.05) is 24.8 Å². The highest BCUT2D eigenvalue weighted by Gasteiger charge is 2.20. The summed E-state index contributed by atoms with van der Waals surface area (Å²) in [5, 5.41) is 3.00. The van der Waals surface area contributed by atoms with Gasteiger partial charge in [-0.05, 0) is 6.26 Å². The maximum Gasteiger partial charge on any atom is 0.242 e. The van der Waals surface area contributed by atoms with Crippen molar-refractivity contribution in [2.75, 3.05) is 25.9 Å². The molecule has 1 unspecified atom stereocenters. The molecule has 0 radical (unpaired) electrons. The van der Waals surface area contributed by atoms with Crippen molar-refractivity contribution in [3.8, 4) is 0 Å². The fourth-order valence-corrected chi connectivity index (χ4v) is 1.64. The van der Waals surface area contributed by atoms with Crippen LogP contribution in [-0.4, -0.2) is 47.9 Å². The molecule has 1 N–H and O–H groups in total. The molecule has 1 fully saturated rings. The largest absolute Gasteiger partial charge is 0.347 e. The summed E-state index contributed by atoms with van der Waals surface area (Å²) in [6.45, 7) is 3.52. The second kappa shape index (κ2) is 5.24. The molecule has 14 heavy (non-hydrogen) atoms. The Morgan fingerprint density at radius 3 is 2.93 bits per heavy atom. The highest BCUT2D eigenvalue weighted by atomic mass is 32.2. The highest BCUT2D eigenvalue weighted by Crippen LogP contribution is 2.09. The summed E-state index contributed by atoms with van der Waals surface area (Å²) in [5.41, 5.74) is 0. The van der Waals surface area contributed by atoms with Gasteiger partial charge in [-0.25, -0.2) is 0 Å². The third kappa shape index (κ3) is 3.21. The third-order valence-electron chi connectivity index (χ3n) is 2.28. The minimum atomic E-state index is -0.0299. The monoisotopic (exact) mass is 216 g/mol. The Hall–Kier alpha value is -0.710. The van der Waals surface area contributed by atoms with Crippen molar-refractivity contribution in [2.45, 2.75) is 18.6 Å². The topological polar surface area (TPSA) is 49.4 Å². The number of amides is 2. The number of nitrogens with zero attached hydrogens (tertiary/aromatic N) is 1. The molecule has 0 spiro atoms. The lowest BCUT2D eigenvalue weighted by molar-refractivity contribution is -0.130. The van der Waals surface area contributed by atoms with Gasteiger partial charge < -0.3 is 10.2 Å². The molecular formula is C9H16N2O2S. The average molecular weight is 216 g/mol. The minimum Gasteiger partial charge on any atom is -0.347 e. The normalized spacial score (nSPS) is 20.3. The van der Waals surface area contributed by atoms with Gasteiger partial charge in [-0.15, -0.1) is 0 Å². The van der Waals surface area contributed by atoms with Gasteiger partial charge in [0.05, 0.1) is 6.54 Å².